The molecule has 2 rings (SSSR count). The van der Waals surface area contributed by atoms with Crippen molar-refractivity contribution in [1.82, 2.24) is 9.97 Å². The molecule has 24 heavy (non-hydrogen) atoms. The first-order chi connectivity index (χ1) is 11.0. The molecule has 0 unspecified atom stereocenters. The van der Waals surface area contributed by atoms with Crippen LogP contribution in [0.1, 0.15) is 30.4 Å². The van der Waals surface area contributed by atoms with Gasteiger partial charge in [0.2, 0.25) is 0 Å². The highest BCUT2D eigenvalue weighted by atomic mass is 31.2. The first kappa shape index (κ1) is 19.3. The molecule has 0 aliphatic carbocycles. The Balaban J connectivity index is 2.04. The van der Waals surface area contributed by atoms with Crippen molar-refractivity contribution >= 4 is 26.2 Å². The van der Waals surface area contributed by atoms with Gasteiger partial charge in [-0.2, -0.15) is 0 Å². The molecule has 11 heteroatoms. The molecule has 6 N–H and O–H groups in total. The van der Waals surface area contributed by atoms with Crippen molar-refractivity contribution in [3.8, 4) is 0 Å². The smallest absolute Gasteiger partial charge is 0.368 e. The largest absolute Gasteiger partial charge is 0.369 e. The number of fused-ring (bicyclic) bond motifs is 1. The maximum atomic E-state index is 11.3. The fourth-order valence-corrected chi connectivity index (χ4v) is 4.80. The van der Waals surface area contributed by atoms with E-state index in [1.54, 1.807) is 6.33 Å². The number of nitrogens with zero attached hydrogens (tertiary/aromatic N) is 1. The third-order valence-corrected chi connectivity index (χ3v) is 7.90. The highest BCUT2D eigenvalue weighted by molar-refractivity contribution is 7.72. The van der Waals surface area contributed by atoms with Crippen LogP contribution in [-0.2, 0) is 15.6 Å². The molecule has 1 heterocycles. The highest BCUT2D eigenvalue weighted by Crippen LogP contribution is 2.69. The molecule has 0 radical (unpaired) electrons. The van der Waals surface area contributed by atoms with E-state index in [-0.39, 0.29) is 6.42 Å². The van der Waals surface area contributed by atoms with Crippen molar-refractivity contribution in [2.75, 3.05) is 0 Å². The van der Waals surface area contributed by atoms with Crippen molar-refractivity contribution in [2.24, 2.45) is 0 Å². The summed E-state index contributed by atoms with van der Waals surface area (Å²) in [5.74, 6) is 0. The molecule has 1 aromatic heterocycles. The molecule has 0 fully saturated rings. The summed E-state index contributed by atoms with van der Waals surface area (Å²) < 4.78 is 22.6. The van der Waals surface area contributed by atoms with Gasteiger partial charge in [0.05, 0.1) is 17.4 Å². The second-order valence-corrected chi connectivity index (χ2v) is 9.78. The minimum Gasteiger partial charge on any atom is -0.368 e. The molecular formula is C13H20N2O7P2. The number of rotatable bonds is 7. The number of H-pyrrole nitrogens is 1. The van der Waals surface area contributed by atoms with Gasteiger partial charge in [0.25, 0.3) is 5.08 Å². The molecule has 134 valence electrons. The number of imidazole rings is 1. The summed E-state index contributed by atoms with van der Waals surface area (Å²) in [4.78, 5) is 43.5. The molecular weight excluding hydrogens is 358 g/mol. The van der Waals surface area contributed by atoms with Gasteiger partial charge in [-0.3, -0.25) is 9.13 Å². The average Bonchev–Trinajstić information content (AvgIpc) is 2.87. The quantitative estimate of drug-likeness (QED) is 0.312. The Morgan fingerprint density at radius 2 is 1.75 bits per heavy atom. The molecule has 0 aliphatic heterocycles. The SMILES string of the molecule is Cc1cc2[nH]cnc2cc1CCCCC(O)(P(=O)(O)O)P(=O)(O)O. The number of aryl methyl sites for hydroxylation is 2. The normalized spacial score (nSPS) is 13.6. The van der Waals surface area contributed by atoms with Crippen LogP contribution in [0.25, 0.3) is 11.0 Å². The molecule has 0 saturated carbocycles. The fourth-order valence-electron chi connectivity index (χ4n) is 2.54. The lowest BCUT2D eigenvalue weighted by Gasteiger charge is -2.29. The van der Waals surface area contributed by atoms with E-state index in [0.29, 0.717) is 12.8 Å². The van der Waals surface area contributed by atoms with E-state index < -0.39 is 26.7 Å². The minimum absolute atomic E-state index is 0.0464. The summed E-state index contributed by atoms with van der Waals surface area (Å²) in [6, 6.07) is 3.82. The molecule has 9 nitrogen and oxygen atoms in total. The van der Waals surface area contributed by atoms with Gasteiger partial charge in [-0.05, 0) is 55.9 Å². The van der Waals surface area contributed by atoms with Gasteiger partial charge < -0.3 is 29.7 Å². The number of aliphatic hydroxyl groups is 1. The zero-order valence-electron chi connectivity index (χ0n) is 13.0. The van der Waals surface area contributed by atoms with Crippen molar-refractivity contribution in [3.05, 3.63) is 29.6 Å². The summed E-state index contributed by atoms with van der Waals surface area (Å²) in [7, 11) is -10.8. The molecule has 1 aromatic carbocycles. The molecule has 0 spiro atoms. The number of hydrogen-bond acceptors (Lipinski definition) is 4. The van der Waals surface area contributed by atoms with Gasteiger partial charge in [-0.1, -0.05) is 0 Å². The maximum Gasteiger partial charge on any atom is 0.369 e. The van der Waals surface area contributed by atoms with Crippen LogP contribution in [0.4, 0.5) is 0 Å². The van der Waals surface area contributed by atoms with E-state index in [1.807, 2.05) is 19.1 Å². The third-order valence-electron chi connectivity index (χ3n) is 4.02. The van der Waals surface area contributed by atoms with Crippen LogP contribution in [0.5, 0.6) is 0 Å². The lowest BCUT2D eigenvalue weighted by atomic mass is 10.0. The third kappa shape index (κ3) is 3.78. The monoisotopic (exact) mass is 378 g/mol. The molecule has 0 saturated heterocycles. The number of aromatic amines is 1. The molecule has 2 aromatic rings. The van der Waals surface area contributed by atoms with Crippen molar-refractivity contribution in [1.29, 1.82) is 0 Å². The Hall–Kier alpha value is -1.05. The standard InChI is InChI=1S/C13H20N2O7P2/c1-9-6-11-12(15-8-14-11)7-10(9)4-2-3-5-13(16,23(17,18)19)24(20,21)22/h6-8,16H,2-5H2,1H3,(H,14,15)(H2,17,18,19)(H2,20,21,22). The summed E-state index contributed by atoms with van der Waals surface area (Å²) in [6.07, 6.45) is 1.87. The van der Waals surface area contributed by atoms with Crippen LogP contribution >= 0.6 is 15.2 Å². The summed E-state index contributed by atoms with van der Waals surface area (Å²) in [5, 5.41) is 6.48. The van der Waals surface area contributed by atoms with Gasteiger partial charge in [-0.15, -0.1) is 0 Å². The van der Waals surface area contributed by atoms with E-state index in [1.165, 1.54) is 0 Å². The number of aromatic nitrogens is 2. The zero-order chi connectivity index (χ0) is 18.2. The Labute approximate surface area is 138 Å². The lowest BCUT2D eigenvalue weighted by Crippen LogP contribution is -2.28. The second kappa shape index (κ2) is 6.69. The average molecular weight is 378 g/mol. The van der Waals surface area contributed by atoms with Crippen molar-refractivity contribution in [3.63, 3.8) is 0 Å². The summed E-state index contributed by atoms with van der Waals surface area (Å²) in [6.45, 7) is 1.91. The van der Waals surface area contributed by atoms with Gasteiger partial charge in [0, 0.05) is 0 Å². The Kier molecular flexibility index (Phi) is 5.37. The predicted molar refractivity (Wildman–Crippen MR) is 87.4 cm³/mol. The molecule has 0 bridgehead atoms. The number of benzene rings is 1. The summed E-state index contributed by atoms with van der Waals surface area (Å²) in [5.41, 5.74) is 3.67. The van der Waals surface area contributed by atoms with E-state index in [2.05, 4.69) is 9.97 Å². The van der Waals surface area contributed by atoms with Crippen LogP contribution < -0.4 is 0 Å². The minimum atomic E-state index is -5.38. The van der Waals surface area contributed by atoms with Crippen LogP contribution in [0.3, 0.4) is 0 Å². The first-order valence-corrected chi connectivity index (χ1v) is 10.4. The van der Waals surface area contributed by atoms with Gasteiger partial charge in [0.15, 0.2) is 0 Å². The van der Waals surface area contributed by atoms with Crippen LogP contribution in [0.15, 0.2) is 18.5 Å². The Morgan fingerprint density at radius 1 is 1.12 bits per heavy atom. The van der Waals surface area contributed by atoms with Crippen LogP contribution in [0.2, 0.25) is 0 Å². The fraction of sp³-hybridized carbons (Fsp3) is 0.462. The maximum absolute atomic E-state index is 11.3. The molecule has 0 aliphatic rings. The van der Waals surface area contributed by atoms with Gasteiger partial charge in [-0.25, -0.2) is 4.98 Å². The van der Waals surface area contributed by atoms with Gasteiger partial charge >= 0.3 is 15.2 Å². The first-order valence-electron chi connectivity index (χ1n) is 7.22. The zero-order valence-corrected chi connectivity index (χ0v) is 14.7. The highest BCUT2D eigenvalue weighted by Gasteiger charge is 2.58. The topological polar surface area (TPSA) is 164 Å². The summed E-state index contributed by atoms with van der Waals surface area (Å²) >= 11 is 0. The van der Waals surface area contributed by atoms with E-state index in [9.17, 15) is 14.2 Å². The van der Waals surface area contributed by atoms with E-state index >= 15 is 0 Å². The van der Waals surface area contributed by atoms with Crippen molar-refractivity contribution in [2.45, 2.75) is 37.7 Å². The number of unbranched alkanes of at least 4 members (excludes halogenated alkanes) is 1. The second-order valence-electron chi connectivity index (χ2n) is 5.77. The van der Waals surface area contributed by atoms with Crippen LogP contribution in [0, 0.1) is 6.92 Å². The Bertz CT molecular complexity index is 801. The lowest BCUT2D eigenvalue weighted by molar-refractivity contribution is 0.120. The predicted octanol–water partition coefficient (Wildman–Crippen LogP) is 1.59. The van der Waals surface area contributed by atoms with Crippen molar-refractivity contribution < 1.29 is 33.8 Å². The van der Waals surface area contributed by atoms with Gasteiger partial charge in [0.1, 0.15) is 0 Å². The van der Waals surface area contributed by atoms with E-state index in [0.717, 1.165) is 22.2 Å². The molecule has 0 atom stereocenters. The Morgan fingerprint density at radius 3 is 2.33 bits per heavy atom. The number of nitrogens with one attached hydrogen (secondary N) is 1. The van der Waals surface area contributed by atoms with Crippen LogP contribution in [-0.4, -0.2) is 39.7 Å². The van der Waals surface area contributed by atoms with E-state index in [4.69, 9.17) is 19.6 Å². The number of hydrogen-bond donors (Lipinski definition) is 6. The molecule has 0 amide bonds.